The van der Waals surface area contributed by atoms with Gasteiger partial charge in [0.15, 0.2) is 0 Å². The highest BCUT2D eigenvalue weighted by Gasteiger charge is 2.43. The smallest absolute Gasteiger partial charge is 0.356 e. The van der Waals surface area contributed by atoms with E-state index in [4.69, 9.17) is 0 Å². The standard InChI is InChI=1S/C15H25F3N2O/c1-10-5-6-11(8-19-10)9-20-14(21)12-3-2-4-13(7-12)15(16,17)18/h10-13,19H,2-9H2,1H3,(H,20,21). The van der Waals surface area contributed by atoms with Gasteiger partial charge >= 0.3 is 6.18 Å². The first kappa shape index (κ1) is 16.6. The van der Waals surface area contributed by atoms with E-state index in [-0.39, 0.29) is 18.7 Å². The molecule has 0 bridgehead atoms. The van der Waals surface area contributed by atoms with Gasteiger partial charge in [-0.25, -0.2) is 0 Å². The van der Waals surface area contributed by atoms with Gasteiger partial charge in [0.1, 0.15) is 0 Å². The molecule has 0 radical (unpaired) electrons. The van der Waals surface area contributed by atoms with Crippen molar-refractivity contribution in [2.45, 2.75) is 57.7 Å². The summed E-state index contributed by atoms with van der Waals surface area (Å²) in [5.41, 5.74) is 0. The van der Waals surface area contributed by atoms with Gasteiger partial charge in [0.25, 0.3) is 0 Å². The van der Waals surface area contributed by atoms with Gasteiger partial charge in [-0.15, -0.1) is 0 Å². The molecule has 6 heteroatoms. The number of alkyl halides is 3. The predicted molar refractivity (Wildman–Crippen MR) is 74.7 cm³/mol. The fourth-order valence-corrected chi connectivity index (χ4v) is 3.35. The molecule has 1 aliphatic carbocycles. The van der Waals surface area contributed by atoms with Gasteiger partial charge in [-0.05, 0) is 51.5 Å². The number of nitrogens with one attached hydrogen (secondary N) is 2. The Morgan fingerprint density at radius 3 is 2.62 bits per heavy atom. The van der Waals surface area contributed by atoms with Crippen molar-refractivity contribution in [3.8, 4) is 0 Å². The molecule has 0 aromatic heterocycles. The Balaban J connectivity index is 1.75. The second kappa shape index (κ2) is 6.99. The third kappa shape index (κ3) is 4.87. The van der Waals surface area contributed by atoms with E-state index in [9.17, 15) is 18.0 Å². The molecule has 122 valence electrons. The third-order valence-electron chi connectivity index (χ3n) is 4.84. The molecule has 1 aliphatic heterocycles. The Hall–Kier alpha value is -0.780. The Kier molecular flexibility index (Phi) is 5.52. The molecule has 0 spiro atoms. The van der Waals surface area contributed by atoms with E-state index in [1.54, 1.807) is 0 Å². The fourth-order valence-electron chi connectivity index (χ4n) is 3.35. The van der Waals surface area contributed by atoms with Crippen LogP contribution in [-0.4, -0.2) is 31.2 Å². The van der Waals surface area contributed by atoms with Crippen molar-refractivity contribution in [1.29, 1.82) is 0 Å². The molecule has 2 N–H and O–H groups in total. The summed E-state index contributed by atoms with van der Waals surface area (Å²) in [4.78, 5) is 12.1. The maximum Gasteiger partial charge on any atom is 0.391 e. The van der Waals surface area contributed by atoms with Crippen LogP contribution in [0.5, 0.6) is 0 Å². The van der Waals surface area contributed by atoms with Crippen LogP contribution in [-0.2, 0) is 4.79 Å². The lowest BCUT2D eigenvalue weighted by Crippen LogP contribution is -2.44. The largest absolute Gasteiger partial charge is 0.391 e. The highest BCUT2D eigenvalue weighted by atomic mass is 19.4. The second-order valence-corrected chi connectivity index (χ2v) is 6.60. The molecule has 4 atom stereocenters. The van der Waals surface area contributed by atoms with Crippen LogP contribution in [0.3, 0.4) is 0 Å². The molecule has 2 aliphatic rings. The summed E-state index contributed by atoms with van der Waals surface area (Å²) >= 11 is 0. The highest BCUT2D eigenvalue weighted by molar-refractivity contribution is 5.78. The molecule has 1 saturated heterocycles. The first-order valence-corrected chi connectivity index (χ1v) is 7.94. The minimum absolute atomic E-state index is 0.0463. The van der Waals surface area contributed by atoms with Crippen LogP contribution in [0.4, 0.5) is 13.2 Å². The monoisotopic (exact) mass is 306 g/mol. The normalized spacial score (nSPS) is 34.5. The quantitative estimate of drug-likeness (QED) is 0.842. The van der Waals surface area contributed by atoms with E-state index in [1.807, 2.05) is 0 Å². The lowest BCUT2D eigenvalue weighted by Gasteiger charge is -2.31. The van der Waals surface area contributed by atoms with Crippen LogP contribution in [0.25, 0.3) is 0 Å². The van der Waals surface area contributed by atoms with Crippen molar-refractivity contribution < 1.29 is 18.0 Å². The van der Waals surface area contributed by atoms with Crippen LogP contribution in [0, 0.1) is 17.8 Å². The molecule has 0 aromatic rings. The summed E-state index contributed by atoms with van der Waals surface area (Å²) in [6, 6.07) is 0.517. The minimum Gasteiger partial charge on any atom is -0.356 e. The minimum atomic E-state index is -4.16. The number of amides is 1. The van der Waals surface area contributed by atoms with E-state index < -0.39 is 18.0 Å². The fraction of sp³-hybridized carbons (Fsp3) is 0.933. The number of hydrogen-bond acceptors (Lipinski definition) is 2. The van der Waals surface area contributed by atoms with Crippen molar-refractivity contribution in [2.75, 3.05) is 13.1 Å². The molecule has 1 heterocycles. The first-order valence-electron chi connectivity index (χ1n) is 7.94. The van der Waals surface area contributed by atoms with Crippen LogP contribution in [0.2, 0.25) is 0 Å². The van der Waals surface area contributed by atoms with Gasteiger partial charge in [0.05, 0.1) is 5.92 Å². The van der Waals surface area contributed by atoms with E-state index >= 15 is 0 Å². The van der Waals surface area contributed by atoms with Gasteiger partial charge in [0, 0.05) is 18.5 Å². The average Bonchev–Trinajstić information content (AvgIpc) is 2.45. The molecule has 1 saturated carbocycles. The molecule has 4 unspecified atom stereocenters. The van der Waals surface area contributed by atoms with E-state index in [1.165, 1.54) is 0 Å². The maximum absolute atomic E-state index is 12.8. The number of rotatable bonds is 3. The predicted octanol–water partition coefficient (Wildman–Crippen LogP) is 2.86. The molecule has 0 aromatic carbocycles. The van der Waals surface area contributed by atoms with E-state index in [2.05, 4.69) is 17.6 Å². The van der Waals surface area contributed by atoms with Crippen molar-refractivity contribution >= 4 is 5.91 Å². The Labute approximate surface area is 124 Å². The van der Waals surface area contributed by atoms with Gasteiger partial charge in [0.2, 0.25) is 5.91 Å². The van der Waals surface area contributed by atoms with Crippen molar-refractivity contribution in [1.82, 2.24) is 10.6 Å². The highest BCUT2D eigenvalue weighted by Crippen LogP contribution is 2.39. The van der Waals surface area contributed by atoms with E-state index in [0.717, 1.165) is 19.4 Å². The molecule has 21 heavy (non-hydrogen) atoms. The van der Waals surface area contributed by atoms with Gasteiger partial charge in [-0.3, -0.25) is 4.79 Å². The van der Waals surface area contributed by atoms with Crippen molar-refractivity contribution in [2.24, 2.45) is 17.8 Å². The number of carbonyl (C=O) groups is 1. The Bertz CT molecular complexity index is 351. The Morgan fingerprint density at radius 2 is 2.00 bits per heavy atom. The zero-order valence-corrected chi connectivity index (χ0v) is 12.5. The average molecular weight is 306 g/mol. The first-order chi connectivity index (χ1) is 9.86. The Morgan fingerprint density at radius 1 is 1.24 bits per heavy atom. The molecule has 3 nitrogen and oxygen atoms in total. The molecule has 1 amide bonds. The SMILES string of the molecule is CC1CCC(CNC(=O)C2CCCC(C(F)(F)F)C2)CN1. The van der Waals surface area contributed by atoms with Crippen LogP contribution >= 0.6 is 0 Å². The number of carbonyl (C=O) groups excluding carboxylic acids is 1. The van der Waals surface area contributed by atoms with Crippen LogP contribution in [0.15, 0.2) is 0 Å². The van der Waals surface area contributed by atoms with Crippen LogP contribution in [0.1, 0.15) is 45.4 Å². The van der Waals surface area contributed by atoms with Gasteiger partial charge < -0.3 is 10.6 Å². The summed E-state index contributed by atoms with van der Waals surface area (Å²) in [5, 5.41) is 6.22. The topological polar surface area (TPSA) is 41.1 Å². The number of halogens is 3. The molecule has 2 rings (SSSR count). The number of hydrogen-bond donors (Lipinski definition) is 2. The molecular formula is C15H25F3N2O. The third-order valence-corrected chi connectivity index (χ3v) is 4.84. The summed E-state index contributed by atoms with van der Waals surface area (Å²) in [7, 11) is 0. The maximum atomic E-state index is 12.8. The van der Waals surface area contributed by atoms with Crippen molar-refractivity contribution in [3.63, 3.8) is 0 Å². The number of piperidine rings is 1. The van der Waals surface area contributed by atoms with Crippen molar-refractivity contribution in [3.05, 3.63) is 0 Å². The van der Waals surface area contributed by atoms with Gasteiger partial charge in [-0.1, -0.05) is 6.42 Å². The lowest BCUT2D eigenvalue weighted by molar-refractivity contribution is -0.186. The lowest BCUT2D eigenvalue weighted by atomic mass is 9.80. The molecular weight excluding hydrogens is 281 g/mol. The zero-order chi connectivity index (χ0) is 15.5. The summed E-state index contributed by atoms with van der Waals surface area (Å²) < 4.78 is 38.3. The molecule has 2 fully saturated rings. The second-order valence-electron chi connectivity index (χ2n) is 6.60. The van der Waals surface area contributed by atoms with Gasteiger partial charge in [-0.2, -0.15) is 13.2 Å². The van der Waals surface area contributed by atoms with E-state index in [0.29, 0.717) is 31.3 Å². The summed E-state index contributed by atoms with van der Waals surface area (Å²) in [6.45, 7) is 3.58. The summed E-state index contributed by atoms with van der Waals surface area (Å²) in [6.07, 6.45) is -0.830. The zero-order valence-electron chi connectivity index (χ0n) is 12.5. The summed E-state index contributed by atoms with van der Waals surface area (Å²) in [5.74, 6) is -1.57. The van der Waals surface area contributed by atoms with Crippen LogP contribution < -0.4 is 10.6 Å².